The topological polar surface area (TPSA) is 117 Å². The van der Waals surface area contributed by atoms with E-state index in [0.717, 1.165) is 0 Å². The summed E-state index contributed by atoms with van der Waals surface area (Å²) in [7, 11) is 0. The Morgan fingerprint density at radius 1 is 1.47 bits per heavy atom. The highest BCUT2D eigenvalue weighted by atomic mass is 16.6. The van der Waals surface area contributed by atoms with Gasteiger partial charge in [-0.1, -0.05) is 6.07 Å². The lowest BCUT2D eigenvalue weighted by Crippen LogP contribution is -2.11. The summed E-state index contributed by atoms with van der Waals surface area (Å²) >= 11 is 0. The largest absolute Gasteiger partial charge is 0.305 e. The van der Waals surface area contributed by atoms with Gasteiger partial charge in [0.2, 0.25) is 0 Å². The first-order chi connectivity index (χ1) is 9.13. The molecule has 2 aromatic heterocycles. The number of nitro groups is 1. The van der Waals surface area contributed by atoms with Crippen LogP contribution in [0.2, 0.25) is 0 Å². The average molecular weight is 255 g/mol. The summed E-state index contributed by atoms with van der Waals surface area (Å²) in [5.41, 5.74) is -0.358. The molecule has 0 bridgehead atoms. The van der Waals surface area contributed by atoms with E-state index in [1.165, 1.54) is 28.9 Å². The number of para-hydroxylation sites is 1. The fourth-order valence-corrected chi connectivity index (χ4v) is 1.98. The lowest BCUT2D eigenvalue weighted by molar-refractivity contribution is -0.383. The number of hydrogen-bond acceptors (Lipinski definition) is 5. The molecule has 19 heavy (non-hydrogen) atoms. The zero-order valence-electron chi connectivity index (χ0n) is 9.32. The van der Waals surface area contributed by atoms with E-state index >= 15 is 0 Å². The van der Waals surface area contributed by atoms with E-state index < -0.39 is 10.5 Å². The second-order valence-electron chi connectivity index (χ2n) is 3.81. The molecule has 3 aromatic rings. The van der Waals surface area contributed by atoms with Gasteiger partial charge in [0.05, 0.1) is 16.5 Å². The van der Waals surface area contributed by atoms with Gasteiger partial charge in [-0.15, -0.1) is 0 Å². The number of nitro benzene ring substituents is 1. The number of nitrogens with zero attached hydrogens (tertiary/aromatic N) is 4. The summed E-state index contributed by atoms with van der Waals surface area (Å²) in [6.45, 7) is 0. The molecular formula is C11H5N5O3. The molecule has 0 atom stereocenters. The first-order valence-electron chi connectivity index (χ1n) is 5.20. The van der Waals surface area contributed by atoms with Gasteiger partial charge in [0.1, 0.15) is 11.6 Å². The van der Waals surface area contributed by atoms with Gasteiger partial charge in [0.15, 0.2) is 11.2 Å². The van der Waals surface area contributed by atoms with Gasteiger partial charge in [0.25, 0.3) is 11.2 Å². The zero-order chi connectivity index (χ0) is 13.6. The summed E-state index contributed by atoms with van der Waals surface area (Å²) in [6.07, 6.45) is 1.25. The molecule has 0 radical (unpaired) electrons. The third kappa shape index (κ3) is 1.39. The van der Waals surface area contributed by atoms with Crippen molar-refractivity contribution in [2.24, 2.45) is 0 Å². The maximum absolute atomic E-state index is 11.9. The summed E-state index contributed by atoms with van der Waals surface area (Å²) in [6, 6.07) is 6.05. The SMILES string of the molecule is N#Cc1cnn2c1[nH]c(=O)c1cccc([N+](=O)[O-])c12. The quantitative estimate of drug-likeness (QED) is 0.513. The zero-order valence-corrected chi connectivity index (χ0v) is 9.32. The van der Waals surface area contributed by atoms with Gasteiger partial charge < -0.3 is 4.98 Å². The van der Waals surface area contributed by atoms with Crippen molar-refractivity contribution in [2.45, 2.75) is 0 Å². The minimum Gasteiger partial charge on any atom is -0.305 e. The Kier molecular flexibility index (Phi) is 2.09. The predicted molar refractivity (Wildman–Crippen MR) is 64.7 cm³/mol. The molecule has 0 saturated carbocycles. The van der Waals surface area contributed by atoms with Gasteiger partial charge in [0, 0.05) is 6.07 Å². The van der Waals surface area contributed by atoms with Crippen LogP contribution in [0.15, 0.2) is 29.2 Å². The van der Waals surface area contributed by atoms with E-state index in [9.17, 15) is 14.9 Å². The minimum absolute atomic E-state index is 0.0766. The Bertz CT molecular complexity index is 931. The predicted octanol–water partition coefficient (Wildman–Crippen LogP) is 0.956. The number of H-pyrrole nitrogens is 1. The first kappa shape index (κ1) is 10.9. The van der Waals surface area contributed by atoms with Crippen LogP contribution in [0.25, 0.3) is 16.6 Å². The van der Waals surface area contributed by atoms with E-state index in [2.05, 4.69) is 10.1 Å². The smallest absolute Gasteiger partial charge is 0.295 e. The molecular weight excluding hydrogens is 250 g/mol. The second kappa shape index (κ2) is 3.64. The van der Waals surface area contributed by atoms with Gasteiger partial charge >= 0.3 is 0 Å². The van der Waals surface area contributed by atoms with E-state index in [-0.39, 0.29) is 27.8 Å². The lowest BCUT2D eigenvalue weighted by Gasteiger charge is -2.01. The molecule has 2 heterocycles. The van der Waals surface area contributed by atoms with Crippen molar-refractivity contribution in [2.75, 3.05) is 0 Å². The number of fused-ring (bicyclic) bond motifs is 3. The number of non-ortho nitro benzene ring substituents is 1. The van der Waals surface area contributed by atoms with Gasteiger partial charge in [-0.2, -0.15) is 10.4 Å². The van der Waals surface area contributed by atoms with Gasteiger partial charge in [-0.05, 0) is 6.07 Å². The Morgan fingerprint density at radius 2 is 2.26 bits per heavy atom. The highest BCUT2D eigenvalue weighted by Crippen LogP contribution is 2.23. The number of nitriles is 1. The molecule has 0 fully saturated rings. The van der Waals surface area contributed by atoms with Crippen molar-refractivity contribution in [3.63, 3.8) is 0 Å². The van der Waals surface area contributed by atoms with Crippen molar-refractivity contribution >= 4 is 22.2 Å². The molecule has 1 N–H and O–H groups in total. The summed E-state index contributed by atoms with van der Waals surface area (Å²) in [5.74, 6) is 0. The maximum Gasteiger partial charge on any atom is 0.295 e. The normalized spacial score (nSPS) is 10.7. The first-order valence-corrected chi connectivity index (χ1v) is 5.20. The summed E-state index contributed by atoms with van der Waals surface area (Å²) in [5, 5.41) is 24.0. The van der Waals surface area contributed by atoms with Crippen molar-refractivity contribution in [1.82, 2.24) is 14.6 Å². The van der Waals surface area contributed by atoms with E-state index in [4.69, 9.17) is 5.26 Å². The van der Waals surface area contributed by atoms with Gasteiger partial charge in [-0.3, -0.25) is 14.9 Å². The van der Waals surface area contributed by atoms with Gasteiger partial charge in [-0.25, -0.2) is 4.52 Å². The molecule has 0 aliphatic heterocycles. The van der Waals surface area contributed by atoms with E-state index in [0.29, 0.717) is 0 Å². The third-order valence-corrected chi connectivity index (χ3v) is 2.79. The Hall–Kier alpha value is -3.21. The second-order valence-corrected chi connectivity index (χ2v) is 3.81. The van der Waals surface area contributed by atoms with Crippen molar-refractivity contribution in [3.05, 3.63) is 50.4 Å². The van der Waals surface area contributed by atoms with E-state index in [1.807, 2.05) is 6.07 Å². The molecule has 8 nitrogen and oxygen atoms in total. The molecule has 0 amide bonds. The fraction of sp³-hybridized carbons (Fsp3) is 0. The van der Waals surface area contributed by atoms with Crippen molar-refractivity contribution in [3.8, 4) is 6.07 Å². The van der Waals surface area contributed by atoms with Crippen LogP contribution in [0.1, 0.15) is 5.56 Å². The number of benzene rings is 1. The standard InChI is InChI=1S/C11H5N5O3/c12-4-6-5-13-15-9-7(11(17)14-10(6)15)2-1-3-8(9)16(18)19/h1-3,5H,(H,14,17). The highest BCUT2D eigenvalue weighted by Gasteiger charge is 2.19. The number of rotatable bonds is 1. The minimum atomic E-state index is -0.588. The van der Waals surface area contributed by atoms with Crippen LogP contribution < -0.4 is 5.56 Å². The van der Waals surface area contributed by atoms with Crippen LogP contribution in [0.4, 0.5) is 5.69 Å². The highest BCUT2D eigenvalue weighted by molar-refractivity contribution is 5.88. The monoisotopic (exact) mass is 255 g/mol. The third-order valence-electron chi connectivity index (χ3n) is 2.79. The van der Waals surface area contributed by atoms with Crippen LogP contribution in [0.5, 0.6) is 0 Å². The van der Waals surface area contributed by atoms with Crippen LogP contribution >= 0.6 is 0 Å². The summed E-state index contributed by atoms with van der Waals surface area (Å²) < 4.78 is 1.20. The molecule has 3 rings (SSSR count). The Labute approximate surface area is 104 Å². The lowest BCUT2D eigenvalue weighted by atomic mass is 10.2. The van der Waals surface area contributed by atoms with Crippen LogP contribution in [-0.2, 0) is 0 Å². The molecule has 0 aliphatic carbocycles. The number of aromatic amines is 1. The number of nitrogens with one attached hydrogen (secondary N) is 1. The Balaban J connectivity index is 2.67. The Morgan fingerprint density at radius 3 is 2.95 bits per heavy atom. The molecule has 0 spiro atoms. The van der Waals surface area contributed by atoms with E-state index in [1.54, 1.807) is 0 Å². The van der Waals surface area contributed by atoms with Crippen LogP contribution in [0.3, 0.4) is 0 Å². The molecule has 0 unspecified atom stereocenters. The fourth-order valence-electron chi connectivity index (χ4n) is 1.98. The van der Waals surface area contributed by atoms with Crippen molar-refractivity contribution in [1.29, 1.82) is 5.26 Å². The van der Waals surface area contributed by atoms with Crippen LogP contribution in [0, 0.1) is 21.4 Å². The molecule has 0 saturated heterocycles. The van der Waals surface area contributed by atoms with Crippen molar-refractivity contribution < 1.29 is 4.92 Å². The maximum atomic E-state index is 11.9. The number of aromatic nitrogens is 3. The number of hydrogen-bond donors (Lipinski definition) is 1. The molecule has 0 aliphatic rings. The van der Waals surface area contributed by atoms with Crippen LogP contribution in [-0.4, -0.2) is 19.5 Å². The average Bonchev–Trinajstić information content (AvgIpc) is 2.81. The molecule has 1 aromatic carbocycles. The summed E-state index contributed by atoms with van der Waals surface area (Å²) in [4.78, 5) is 24.8. The molecule has 92 valence electrons. The molecule has 8 heteroatoms.